The standard InChI is InChI=1S/C14H12ClN3O2/c15-10-2-3-12-11(8-10)13(19)14(20)18(12)6-1-5-17-7-4-16-9-17/h2-4,7-9H,1,5-6H2. The minimum atomic E-state index is -0.481. The van der Waals surface area contributed by atoms with Crippen LogP contribution in [0.1, 0.15) is 16.8 Å². The number of imidazole rings is 1. The van der Waals surface area contributed by atoms with Crippen molar-refractivity contribution >= 4 is 29.0 Å². The fourth-order valence-corrected chi connectivity index (χ4v) is 2.50. The third kappa shape index (κ3) is 2.20. The van der Waals surface area contributed by atoms with Gasteiger partial charge in [0.25, 0.3) is 11.7 Å². The minimum Gasteiger partial charge on any atom is -0.337 e. The summed E-state index contributed by atoms with van der Waals surface area (Å²) in [7, 11) is 0. The Balaban J connectivity index is 1.74. The highest BCUT2D eigenvalue weighted by atomic mass is 35.5. The molecule has 0 fully saturated rings. The summed E-state index contributed by atoms with van der Waals surface area (Å²) in [6, 6.07) is 4.96. The first-order valence-electron chi connectivity index (χ1n) is 6.28. The Morgan fingerprint density at radius 2 is 2.05 bits per heavy atom. The SMILES string of the molecule is O=C1C(=O)N(CCCn2ccnc2)c2ccc(Cl)cc21. The molecule has 0 bridgehead atoms. The zero-order chi connectivity index (χ0) is 14.1. The molecule has 0 unspecified atom stereocenters. The van der Waals surface area contributed by atoms with Crippen LogP contribution in [0.3, 0.4) is 0 Å². The number of nitrogens with zero attached hydrogens (tertiary/aromatic N) is 3. The lowest BCUT2D eigenvalue weighted by Crippen LogP contribution is -2.31. The normalized spacial score (nSPS) is 13.9. The van der Waals surface area contributed by atoms with Gasteiger partial charge in [-0.25, -0.2) is 4.98 Å². The summed E-state index contributed by atoms with van der Waals surface area (Å²) in [5.41, 5.74) is 1.04. The molecule has 0 saturated heterocycles. The fourth-order valence-electron chi connectivity index (χ4n) is 2.33. The Hall–Kier alpha value is -2.14. The Kier molecular flexibility index (Phi) is 3.28. The second-order valence-corrected chi connectivity index (χ2v) is 5.04. The van der Waals surface area contributed by atoms with Gasteiger partial charge in [-0.3, -0.25) is 9.59 Å². The van der Waals surface area contributed by atoms with E-state index in [-0.39, 0.29) is 0 Å². The van der Waals surface area contributed by atoms with Gasteiger partial charge in [0, 0.05) is 30.5 Å². The van der Waals surface area contributed by atoms with E-state index in [0.29, 0.717) is 22.8 Å². The highest BCUT2D eigenvalue weighted by molar-refractivity contribution is 6.52. The molecule has 0 radical (unpaired) electrons. The average Bonchev–Trinajstić information content (AvgIpc) is 3.02. The van der Waals surface area contributed by atoms with Crippen LogP contribution in [0.15, 0.2) is 36.9 Å². The first kappa shape index (κ1) is 12.9. The number of ketones is 1. The van der Waals surface area contributed by atoms with Crippen LogP contribution in [-0.4, -0.2) is 27.8 Å². The van der Waals surface area contributed by atoms with Crippen LogP contribution in [-0.2, 0) is 11.3 Å². The van der Waals surface area contributed by atoms with Gasteiger partial charge < -0.3 is 9.47 Å². The van der Waals surface area contributed by atoms with E-state index in [1.807, 2.05) is 10.8 Å². The zero-order valence-electron chi connectivity index (χ0n) is 10.6. The molecule has 0 N–H and O–H groups in total. The molecule has 3 rings (SSSR count). The number of rotatable bonds is 4. The minimum absolute atomic E-state index is 0.394. The summed E-state index contributed by atoms with van der Waals surface area (Å²) in [5.74, 6) is -0.960. The van der Waals surface area contributed by atoms with Crippen molar-refractivity contribution in [2.24, 2.45) is 0 Å². The predicted octanol–water partition coefficient (Wildman–Crippen LogP) is 2.16. The van der Waals surface area contributed by atoms with Crippen molar-refractivity contribution in [3.8, 4) is 0 Å². The smallest absolute Gasteiger partial charge is 0.299 e. The van der Waals surface area contributed by atoms with E-state index in [2.05, 4.69) is 4.98 Å². The molecule has 1 aliphatic heterocycles. The van der Waals surface area contributed by atoms with Gasteiger partial charge in [0.05, 0.1) is 17.6 Å². The number of fused-ring (bicyclic) bond motifs is 1. The van der Waals surface area contributed by atoms with E-state index < -0.39 is 11.7 Å². The molecular weight excluding hydrogens is 278 g/mol. The van der Waals surface area contributed by atoms with Crippen molar-refractivity contribution in [2.75, 3.05) is 11.4 Å². The summed E-state index contributed by atoms with van der Waals surface area (Å²) in [6.07, 6.45) is 6.05. The van der Waals surface area contributed by atoms with E-state index in [1.165, 1.54) is 4.90 Å². The Morgan fingerprint density at radius 3 is 2.80 bits per heavy atom. The number of aryl methyl sites for hydroxylation is 1. The molecule has 1 aliphatic rings. The molecule has 20 heavy (non-hydrogen) atoms. The summed E-state index contributed by atoms with van der Waals surface area (Å²) >= 11 is 5.86. The molecule has 2 heterocycles. The van der Waals surface area contributed by atoms with Crippen LogP contribution in [0.2, 0.25) is 5.02 Å². The second-order valence-electron chi connectivity index (χ2n) is 4.60. The Morgan fingerprint density at radius 1 is 1.20 bits per heavy atom. The van der Waals surface area contributed by atoms with Crippen molar-refractivity contribution < 1.29 is 9.59 Å². The van der Waals surface area contributed by atoms with Crippen LogP contribution in [0.25, 0.3) is 0 Å². The third-order valence-electron chi connectivity index (χ3n) is 3.29. The van der Waals surface area contributed by atoms with Crippen molar-refractivity contribution in [1.29, 1.82) is 0 Å². The van der Waals surface area contributed by atoms with Gasteiger partial charge in [-0.1, -0.05) is 11.6 Å². The molecule has 2 aromatic rings. The summed E-state index contributed by atoms with van der Waals surface area (Å²) in [5, 5.41) is 0.463. The monoisotopic (exact) mass is 289 g/mol. The van der Waals surface area contributed by atoms with E-state index in [4.69, 9.17) is 11.6 Å². The lowest BCUT2D eigenvalue weighted by molar-refractivity contribution is -0.114. The lowest BCUT2D eigenvalue weighted by Gasteiger charge is -2.16. The number of halogens is 1. The molecule has 5 nitrogen and oxygen atoms in total. The molecule has 1 amide bonds. The number of benzene rings is 1. The van der Waals surface area contributed by atoms with Gasteiger partial charge in [0.1, 0.15) is 0 Å². The van der Waals surface area contributed by atoms with Crippen molar-refractivity contribution in [3.05, 3.63) is 47.5 Å². The lowest BCUT2D eigenvalue weighted by atomic mass is 10.1. The number of carbonyl (C=O) groups excluding carboxylic acids is 2. The van der Waals surface area contributed by atoms with Gasteiger partial charge in [-0.05, 0) is 24.6 Å². The zero-order valence-corrected chi connectivity index (χ0v) is 11.4. The Bertz CT molecular complexity index is 667. The third-order valence-corrected chi connectivity index (χ3v) is 3.53. The van der Waals surface area contributed by atoms with Crippen LogP contribution in [0.4, 0.5) is 5.69 Å². The highest BCUT2D eigenvalue weighted by Crippen LogP contribution is 2.31. The molecule has 0 spiro atoms. The summed E-state index contributed by atoms with van der Waals surface area (Å²) in [4.78, 5) is 29.3. The molecule has 6 heteroatoms. The van der Waals surface area contributed by atoms with Gasteiger partial charge >= 0.3 is 0 Å². The van der Waals surface area contributed by atoms with E-state index in [0.717, 1.165) is 13.0 Å². The molecule has 1 aromatic heterocycles. The topological polar surface area (TPSA) is 55.2 Å². The van der Waals surface area contributed by atoms with Crippen LogP contribution in [0.5, 0.6) is 0 Å². The van der Waals surface area contributed by atoms with Gasteiger partial charge in [0.2, 0.25) is 0 Å². The van der Waals surface area contributed by atoms with E-state index in [1.54, 1.807) is 30.7 Å². The fraction of sp³-hybridized carbons (Fsp3) is 0.214. The van der Waals surface area contributed by atoms with Crippen LogP contribution in [0, 0.1) is 0 Å². The van der Waals surface area contributed by atoms with Gasteiger partial charge in [-0.15, -0.1) is 0 Å². The highest BCUT2D eigenvalue weighted by Gasteiger charge is 2.35. The molecular formula is C14H12ClN3O2. The number of anilines is 1. The van der Waals surface area contributed by atoms with Gasteiger partial charge in [0.15, 0.2) is 0 Å². The van der Waals surface area contributed by atoms with Crippen molar-refractivity contribution in [2.45, 2.75) is 13.0 Å². The number of carbonyl (C=O) groups is 2. The molecule has 0 aliphatic carbocycles. The molecule has 0 atom stereocenters. The molecule has 1 aromatic carbocycles. The number of hydrogen-bond donors (Lipinski definition) is 0. The first-order chi connectivity index (χ1) is 9.66. The molecule has 102 valence electrons. The quantitative estimate of drug-likeness (QED) is 0.811. The summed E-state index contributed by atoms with van der Waals surface area (Å²) < 4.78 is 1.94. The van der Waals surface area contributed by atoms with Crippen molar-refractivity contribution in [1.82, 2.24) is 9.55 Å². The second kappa shape index (κ2) is 5.09. The van der Waals surface area contributed by atoms with E-state index >= 15 is 0 Å². The number of Topliss-reactive ketones (excluding diaryl/α,β-unsaturated/α-hetero) is 1. The van der Waals surface area contributed by atoms with E-state index in [9.17, 15) is 9.59 Å². The first-order valence-corrected chi connectivity index (χ1v) is 6.66. The van der Waals surface area contributed by atoms with Crippen molar-refractivity contribution in [3.63, 3.8) is 0 Å². The Labute approximate surface area is 120 Å². The van der Waals surface area contributed by atoms with Gasteiger partial charge in [-0.2, -0.15) is 0 Å². The predicted molar refractivity (Wildman–Crippen MR) is 75.0 cm³/mol. The summed E-state index contributed by atoms with van der Waals surface area (Å²) in [6.45, 7) is 1.25. The number of aromatic nitrogens is 2. The number of amides is 1. The van der Waals surface area contributed by atoms with Crippen LogP contribution < -0.4 is 4.90 Å². The van der Waals surface area contributed by atoms with Crippen LogP contribution >= 0.6 is 11.6 Å². The average molecular weight is 290 g/mol. The maximum Gasteiger partial charge on any atom is 0.299 e. The number of hydrogen-bond acceptors (Lipinski definition) is 3. The molecule has 0 saturated carbocycles. The largest absolute Gasteiger partial charge is 0.337 e. The maximum absolute atomic E-state index is 12.0. The maximum atomic E-state index is 12.0.